The molecule has 0 saturated heterocycles. The lowest BCUT2D eigenvalue weighted by Gasteiger charge is -2.11. The standard InChI is InChI=1S/C50H34N6O/c1-52-39-21-8-6-19-36(39)46-45-38-27-26-35(57-34-18-14-17-33(29-34)55-31-54(32-15-4-3-5-16-32)41-23-10-11-24-42(41)55)30-43(38)56(44-25-12-13-28-51-44)48(45)47-37-20-7-9-22-40(37)53(2)50(47)49(46)52/h3-30H,1-2H3. The third-order valence-electron chi connectivity index (χ3n) is 11.6. The Labute approximate surface area is 327 Å². The van der Waals surface area contributed by atoms with Crippen LogP contribution in [-0.2, 0) is 14.1 Å². The minimum Gasteiger partial charge on any atom is -0.458 e. The average molecular weight is 735 g/mol. The van der Waals surface area contributed by atoms with Crippen molar-refractivity contribution < 1.29 is 9.30 Å². The molecule has 0 radical (unpaired) electrons. The number of aromatic nitrogens is 6. The Morgan fingerprint density at radius 3 is 1.91 bits per heavy atom. The topological polar surface area (TPSA) is 45.7 Å². The second-order valence-electron chi connectivity index (χ2n) is 14.7. The largest absolute Gasteiger partial charge is 0.458 e. The van der Waals surface area contributed by atoms with Crippen LogP contribution in [0.4, 0.5) is 0 Å². The Morgan fingerprint density at radius 2 is 1.14 bits per heavy atom. The van der Waals surface area contributed by atoms with E-state index < -0.39 is 0 Å². The molecule has 12 rings (SSSR count). The first kappa shape index (κ1) is 31.7. The molecule has 57 heavy (non-hydrogen) atoms. The lowest BCUT2D eigenvalue weighted by Crippen LogP contribution is -2.29. The number of pyridine rings is 1. The van der Waals surface area contributed by atoms with Crippen LogP contribution in [-0.4, -0.2) is 23.3 Å². The van der Waals surface area contributed by atoms with Gasteiger partial charge in [-0.15, -0.1) is 0 Å². The van der Waals surface area contributed by atoms with Gasteiger partial charge >= 0.3 is 0 Å². The Morgan fingerprint density at radius 1 is 0.509 bits per heavy atom. The van der Waals surface area contributed by atoms with Gasteiger partial charge in [0.05, 0.1) is 44.5 Å². The van der Waals surface area contributed by atoms with Crippen LogP contribution in [0, 0.1) is 6.33 Å². The number of nitrogens with zero attached hydrogens (tertiary/aromatic N) is 6. The second kappa shape index (κ2) is 11.9. The SMILES string of the molecule is Cn1c2ccccc2c2c3c4ccc(Oc5cccc(-[n+]6[c-]n(-c7ccccc7)c7ccccc76)c5)cc4n(-c4ccccn4)c3c3c4ccccc4n(C)c3c21. The summed E-state index contributed by atoms with van der Waals surface area (Å²) < 4.78 is 18.1. The van der Waals surface area contributed by atoms with Crippen LogP contribution < -0.4 is 9.30 Å². The highest BCUT2D eigenvalue weighted by Crippen LogP contribution is 2.48. The number of para-hydroxylation sites is 5. The van der Waals surface area contributed by atoms with Gasteiger partial charge in [-0.2, -0.15) is 0 Å². The first-order valence-corrected chi connectivity index (χ1v) is 19.2. The lowest BCUT2D eigenvalue weighted by molar-refractivity contribution is -0.572. The van der Waals surface area contributed by atoms with Crippen molar-refractivity contribution in [2.75, 3.05) is 0 Å². The van der Waals surface area contributed by atoms with Crippen molar-refractivity contribution in [1.82, 2.24) is 23.3 Å². The van der Waals surface area contributed by atoms with E-state index in [1.54, 1.807) is 0 Å². The number of hydrogen-bond acceptors (Lipinski definition) is 2. The number of benzene rings is 7. The molecule has 5 heterocycles. The number of imidazole rings is 1. The van der Waals surface area contributed by atoms with E-state index in [9.17, 15) is 0 Å². The van der Waals surface area contributed by atoms with E-state index in [-0.39, 0.29) is 0 Å². The summed E-state index contributed by atoms with van der Waals surface area (Å²) in [6, 6.07) is 57.1. The highest BCUT2D eigenvalue weighted by atomic mass is 16.5. The van der Waals surface area contributed by atoms with Crippen molar-refractivity contribution in [3.05, 3.63) is 176 Å². The minimum absolute atomic E-state index is 0.734. The van der Waals surface area contributed by atoms with Crippen molar-refractivity contribution in [3.63, 3.8) is 0 Å². The molecule has 0 fully saturated rings. The highest BCUT2D eigenvalue weighted by molar-refractivity contribution is 6.40. The molecule has 0 amide bonds. The summed E-state index contributed by atoms with van der Waals surface area (Å²) in [7, 11) is 4.39. The van der Waals surface area contributed by atoms with Crippen LogP contribution in [0.3, 0.4) is 0 Å². The maximum absolute atomic E-state index is 6.79. The van der Waals surface area contributed by atoms with Gasteiger partial charge in [-0.05, 0) is 66.7 Å². The molecule has 0 N–H and O–H groups in total. The van der Waals surface area contributed by atoms with Gasteiger partial charge in [-0.3, -0.25) is 13.7 Å². The summed E-state index contributed by atoms with van der Waals surface area (Å²) in [5.41, 5.74) is 11.1. The van der Waals surface area contributed by atoms with Crippen LogP contribution in [0.25, 0.3) is 93.6 Å². The molecule has 5 aromatic heterocycles. The second-order valence-corrected chi connectivity index (χ2v) is 14.7. The fraction of sp³-hybridized carbons (Fsp3) is 0.0400. The minimum atomic E-state index is 0.734. The van der Waals surface area contributed by atoms with E-state index in [2.05, 4.69) is 183 Å². The van der Waals surface area contributed by atoms with Gasteiger partial charge < -0.3 is 13.9 Å². The quantitative estimate of drug-likeness (QED) is 0.131. The zero-order chi connectivity index (χ0) is 37.8. The van der Waals surface area contributed by atoms with Crippen LogP contribution in [0.5, 0.6) is 11.5 Å². The molecule has 0 aliphatic rings. The van der Waals surface area contributed by atoms with Crippen molar-refractivity contribution in [2.24, 2.45) is 14.1 Å². The maximum atomic E-state index is 6.79. The van der Waals surface area contributed by atoms with Gasteiger partial charge in [-0.1, -0.05) is 91.0 Å². The molecule has 0 spiro atoms. The Kier molecular flexibility index (Phi) is 6.63. The third-order valence-corrected chi connectivity index (χ3v) is 11.6. The van der Waals surface area contributed by atoms with Gasteiger partial charge in [-0.25, -0.2) is 4.98 Å². The third kappa shape index (κ3) is 4.48. The van der Waals surface area contributed by atoms with Gasteiger partial charge in [0.2, 0.25) is 0 Å². The molecule has 7 nitrogen and oxygen atoms in total. The van der Waals surface area contributed by atoms with Crippen LogP contribution in [0.15, 0.2) is 170 Å². The molecule has 270 valence electrons. The summed E-state index contributed by atoms with van der Waals surface area (Å²) in [4.78, 5) is 4.97. The fourth-order valence-electron chi connectivity index (χ4n) is 9.22. The molecule has 12 aromatic rings. The molecule has 7 aromatic carbocycles. The summed E-state index contributed by atoms with van der Waals surface area (Å²) in [5.74, 6) is 2.33. The lowest BCUT2D eigenvalue weighted by atomic mass is 10.0. The van der Waals surface area contributed by atoms with Crippen LogP contribution in [0.1, 0.15) is 0 Å². The van der Waals surface area contributed by atoms with Gasteiger partial charge in [0.1, 0.15) is 17.3 Å². The Bertz CT molecular complexity index is 3570. The molecule has 0 bridgehead atoms. The molecule has 0 atom stereocenters. The zero-order valence-corrected chi connectivity index (χ0v) is 31.3. The normalized spacial score (nSPS) is 12.0. The Balaban J connectivity index is 1.11. The fourth-order valence-corrected chi connectivity index (χ4v) is 9.22. The zero-order valence-electron chi connectivity index (χ0n) is 31.3. The summed E-state index contributed by atoms with van der Waals surface area (Å²) >= 11 is 0. The number of rotatable bonds is 5. The van der Waals surface area contributed by atoms with Gasteiger partial charge in [0, 0.05) is 69.7 Å². The molecular weight excluding hydrogens is 701 g/mol. The van der Waals surface area contributed by atoms with Crippen molar-refractivity contribution in [2.45, 2.75) is 0 Å². The van der Waals surface area contributed by atoms with E-state index >= 15 is 0 Å². The van der Waals surface area contributed by atoms with E-state index in [4.69, 9.17) is 9.72 Å². The molecule has 7 heteroatoms. The first-order valence-electron chi connectivity index (χ1n) is 19.2. The summed E-state index contributed by atoms with van der Waals surface area (Å²) in [6.07, 6.45) is 5.47. The highest BCUT2D eigenvalue weighted by Gasteiger charge is 2.27. The number of fused-ring (bicyclic) bond motifs is 13. The first-order chi connectivity index (χ1) is 28.1. The van der Waals surface area contributed by atoms with E-state index in [0.29, 0.717) is 0 Å². The van der Waals surface area contributed by atoms with Crippen LogP contribution in [0.2, 0.25) is 0 Å². The molecule has 0 saturated carbocycles. The Hall–Kier alpha value is -7.64. The molecule has 0 unspecified atom stereocenters. The van der Waals surface area contributed by atoms with Crippen molar-refractivity contribution in [3.8, 4) is 28.7 Å². The van der Waals surface area contributed by atoms with E-state index in [1.807, 2.05) is 30.5 Å². The van der Waals surface area contributed by atoms with Gasteiger partial charge in [0.25, 0.3) is 6.33 Å². The van der Waals surface area contributed by atoms with Crippen molar-refractivity contribution in [1.29, 1.82) is 0 Å². The number of ether oxygens (including phenoxy) is 1. The molecule has 0 aliphatic carbocycles. The maximum Gasteiger partial charge on any atom is 0.269 e. The summed E-state index contributed by atoms with van der Waals surface area (Å²) in [6.45, 7) is 0. The van der Waals surface area contributed by atoms with E-state index in [0.717, 1.165) is 56.1 Å². The number of aryl methyl sites for hydroxylation is 2. The predicted octanol–water partition coefficient (Wildman–Crippen LogP) is 11.3. The monoisotopic (exact) mass is 734 g/mol. The summed E-state index contributed by atoms with van der Waals surface area (Å²) in [5, 5.41) is 7.25. The number of hydrogen-bond donors (Lipinski definition) is 0. The van der Waals surface area contributed by atoms with Crippen LogP contribution >= 0.6 is 0 Å². The van der Waals surface area contributed by atoms with E-state index in [1.165, 1.54) is 49.0 Å². The smallest absolute Gasteiger partial charge is 0.269 e. The molecular formula is C50H34N6O. The predicted molar refractivity (Wildman–Crippen MR) is 230 cm³/mol. The van der Waals surface area contributed by atoms with Crippen molar-refractivity contribution >= 4 is 76.5 Å². The van der Waals surface area contributed by atoms with Gasteiger partial charge in [0.15, 0.2) is 0 Å². The molecule has 0 aliphatic heterocycles. The average Bonchev–Trinajstić information content (AvgIpc) is 3.98.